The summed E-state index contributed by atoms with van der Waals surface area (Å²) in [5, 5.41) is 2.49. The largest absolute Gasteiger partial charge is 0.573 e. The van der Waals surface area contributed by atoms with E-state index in [2.05, 4.69) is 10.1 Å². The number of benzene rings is 2. The van der Waals surface area contributed by atoms with Crippen molar-refractivity contribution in [2.45, 2.75) is 12.8 Å². The van der Waals surface area contributed by atoms with Crippen molar-refractivity contribution >= 4 is 23.2 Å². The van der Waals surface area contributed by atoms with Crippen LogP contribution >= 0.6 is 0 Å². The normalized spacial score (nSPS) is 17.0. The van der Waals surface area contributed by atoms with Gasteiger partial charge in [0.05, 0.1) is 5.92 Å². The minimum Gasteiger partial charge on any atom is -0.406 e. The molecular weight excluding hydrogens is 387 g/mol. The molecule has 1 N–H and O–H groups in total. The van der Waals surface area contributed by atoms with Gasteiger partial charge in [-0.1, -0.05) is 0 Å². The number of hydrogen-bond donors (Lipinski definition) is 1. The molecule has 0 radical (unpaired) electrons. The lowest BCUT2D eigenvalue weighted by Gasteiger charge is -2.17. The first-order chi connectivity index (χ1) is 13.1. The standard InChI is InChI=1S/C18H13F5N2O3/c19-11-6-12(20)8-14(7-11)25-9-10(5-16(25)26)17(27)24-13-1-3-15(4-2-13)28-18(21,22)23/h1-4,6-8,10H,5,9H2,(H,24,27)/t10-/m1/s1. The van der Waals surface area contributed by atoms with Crippen LogP contribution in [-0.4, -0.2) is 24.7 Å². The highest BCUT2D eigenvalue weighted by Gasteiger charge is 2.35. The number of amides is 2. The zero-order valence-electron chi connectivity index (χ0n) is 14.1. The third kappa shape index (κ3) is 4.76. The number of nitrogens with zero attached hydrogens (tertiary/aromatic N) is 1. The van der Waals surface area contributed by atoms with Gasteiger partial charge in [-0.15, -0.1) is 13.2 Å². The van der Waals surface area contributed by atoms with Gasteiger partial charge >= 0.3 is 6.36 Å². The molecule has 10 heteroatoms. The number of hydrogen-bond acceptors (Lipinski definition) is 3. The molecule has 1 aliphatic rings. The second-order valence-corrected chi connectivity index (χ2v) is 6.09. The molecule has 3 rings (SSSR count). The lowest BCUT2D eigenvalue weighted by atomic mass is 10.1. The fourth-order valence-electron chi connectivity index (χ4n) is 2.81. The maximum Gasteiger partial charge on any atom is 0.573 e. The summed E-state index contributed by atoms with van der Waals surface area (Å²) in [6.45, 7) is -0.0805. The zero-order chi connectivity index (χ0) is 20.5. The van der Waals surface area contributed by atoms with Crippen molar-refractivity contribution in [2.75, 3.05) is 16.8 Å². The Morgan fingerprint density at radius 3 is 2.25 bits per heavy atom. The number of ether oxygens (including phenoxy) is 1. The molecule has 0 spiro atoms. The van der Waals surface area contributed by atoms with E-state index in [0.29, 0.717) is 6.07 Å². The quantitative estimate of drug-likeness (QED) is 0.794. The van der Waals surface area contributed by atoms with E-state index >= 15 is 0 Å². The number of rotatable bonds is 4. The van der Waals surface area contributed by atoms with E-state index in [4.69, 9.17) is 0 Å². The maximum absolute atomic E-state index is 13.3. The molecule has 28 heavy (non-hydrogen) atoms. The molecule has 1 aliphatic heterocycles. The van der Waals surface area contributed by atoms with Gasteiger partial charge < -0.3 is 15.0 Å². The molecule has 1 heterocycles. The molecule has 0 aromatic heterocycles. The number of anilines is 2. The molecule has 0 aliphatic carbocycles. The van der Waals surface area contributed by atoms with Crippen LogP contribution in [-0.2, 0) is 9.59 Å². The highest BCUT2D eigenvalue weighted by molar-refractivity contribution is 6.03. The third-order valence-corrected chi connectivity index (χ3v) is 4.01. The molecule has 1 atom stereocenters. The molecule has 5 nitrogen and oxygen atoms in total. The molecular formula is C18H13F5N2O3. The fourth-order valence-corrected chi connectivity index (χ4v) is 2.81. The summed E-state index contributed by atoms with van der Waals surface area (Å²) in [5.74, 6) is -3.95. The average molecular weight is 400 g/mol. The number of alkyl halides is 3. The van der Waals surface area contributed by atoms with Crippen LogP contribution in [0.2, 0.25) is 0 Å². The lowest BCUT2D eigenvalue weighted by Crippen LogP contribution is -2.28. The van der Waals surface area contributed by atoms with Gasteiger partial charge in [-0.25, -0.2) is 8.78 Å². The Labute approximate surface area is 155 Å². The summed E-state index contributed by atoms with van der Waals surface area (Å²) < 4.78 is 66.9. The zero-order valence-corrected chi connectivity index (χ0v) is 14.1. The summed E-state index contributed by atoms with van der Waals surface area (Å²) >= 11 is 0. The predicted octanol–water partition coefficient (Wildman–Crippen LogP) is 3.86. The highest BCUT2D eigenvalue weighted by atomic mass is 19.4. The van der Waals surface area contributed by atoms with Gasteiger partial charge in [0.15, 0.2) is 0 Å². The molecule has 148 valence electrons. The average Bonchev–Trinajstić information content (AvgIpc) is 2.96. The number of nitrogens with one attached hydrogen (secondary N) is 1. The van der Waals surface area contributed by atoms with E-state index in [1.165, 1.54) is 12.1 Å². The Hall–Kier alpha value is -3.17. The number of halogens is 5. The van der Waals surface area contributed by atoms with Gasteiger partial charge in [0.2, 0.25) is 11.8 Å². The van der Waals surface area contributed by atoms with Crippen LogP contribution in [0.3, 0.4) is 0 Å². The molecule has 0 unspecified atom stereocenters. The van der Waals surface area contributed by atoms with E-state index in [1.807, 2.05) is 0 Å². The molecule has 2 amide bonds. The first-order valence-electron chi connectivity index (χ1n) is 8.04. The van der Waals surface area contributed by atoms with Crippen LogP contribution in [0.1, 0.15) is 6.42 Å². The molecule has 0 saturated carbocycles. The Morgan fingerprint density at radius 2 is 1.68 bits per heavy atom. The third-order valence-electron chi connectivity index (χ3n) is 4.01. The molecule has 1 saturated heterocycles. The monoisotopic (exact) mass is 400 g/mol. The summed E-state index contributed by atoms with van der Waals surface area (Å²) in [6, 6.07) is 7.14. The van der Waals surface area contributed by atoms with E-state index in [-0.39, 0.29) is 24.3 Å². The Balaban J connectivity index is 1.64. The minimum absolute atomic E-state index is 0.00597. The van der Waals surface area contributed by atoms with Crippen molar-refractivity contribution in [3.8, 4) is 5.75 Å². The van der Waals surface area contributed by atoms with Gasteiger partial charge in [-0.3, -0.25) is 9.59 Å². The molecule has 2 aromatic carbocycles. The Kier molecular flexibility index (Phi) is 5.21. The smallest absolute Gasteiger partial charge is 0.406 e. The molecule has 0 bridgehead atoms. The van der Waals surface area contributed by atoms with Crippen molar-refractivity contribution in [3.63, 3.8) is 0 Å². The second-order valence-electron chi connectivity index (χ2n) is 6.09. The minimum atomic E-state index is -4.82. The summed E-state index contributed by atoms with van der Waals surface area (Å²) in [5.41, 5.74) is 0.216. The van der Waals surface area contributed by atoms with E-state index in [1.54, 1.807) is 0 Å². The summed E-state index contributed by atoms with van der Waals surface area (Å²) in [7, 11) is 0. The summed E-state index contributed by atoms with van der Waals surface area (Å²) in [4.78, 5) is 25.6. The second kappa shape index (κ2) is 7.45. The Morgan fingerprint density at radius 1 is 1.07 bits per heavy atom. The number of carbonyl (C=O) groups is 2. The van der Waals surface area contributed by atoms with Crippen LogP contribution in [0.5, 0.6) is 5.75 Å². The van der Waals surface area contributed by atoms with Crippen LogP contribution in [0, 0.1) is 17.6 Å². The summed E-state index contributed by atoms with van der Waals surface area (Å²) in [6.07, 6.45) is -4.99. The topological polar surface area (TPSA) is 58.6 Å². The van der Waals surface area contributed by atoms with Crippen LogP contribution < -0.4 is 15.0 Å². The van der Waals surface area contributed by atoms with Crippen molar-refractivity contribution < 1.29 is 36.3 Å². The van der Waals surface area contributed by atoms with Gasteiger partial charge in [0.1, 0.15) is 17.4 Å². The van der Waals surface area contributed by atoms with E-state index < -0.39 is 41.5 Å². The molecule has 1 fully saturated rings. The SMILES string of the molecule is O=C(Nc1ccc(OC(F)(F)F)cc1)[C@@H]1CC(=O)N(c2cc(F)cc(F)c2)C1. The van der Waals surface area contributed by atoms with Crippen molar-refractivity contribution in [1.29, 1.82) is 0 Å². The first-order valence-corrected chi connectivity index (χ1v) is 8.04. The fraction of sp³-hybridized carbons (Fsp3) is 0.222. The van der Waals surface area contributed by atoms with Crippen molar-refractivity contribution in [2.24, 2.45) is 5.92 Å². The van der Waals surface area contributed by atoms with Gasteiger partial charge in [-0.05, 0) is 36.4 Å². The number of carbonyl (C=O) groups excluding carboxylic acids is 2. The van der Waals surface area contributed by atoms with Crippen LogP contribution in [0.4, 0.5) is 33.3 Å². The van der Waals surface area contributed by atoms with Crippen LogP contribution in [0.25, 0.3) is 0 Å². The van der Waals surface area contributed by atoms with E-state index in [0.717, 1.165) is 29.2 Å². The van der Waals surface area contributed by atoms with Crippen LogP contribution in [0.15, 0.2) is 42.5 Å². The maximum atomic E-state index is 13.3. The molecule has 2 aromatic rings. The highest BCUT2D eigenvalue weighted by Crippen LogP contribution is 2.28. The van der Waals surface area contributed by atoms with E-state index in [9.17, 15) is 31.5 Å². The lowest BCUT2D eigenvalue weighted by molar-refractivity contribution is -0.274. The van der Waals surface area contributed by atoms with Gasteiger partial charge in [0.25, 0.3) is 0 Å². The predicted molar refractivity (Wildman–Crippen MR) is 88.6 cm³/mol. The van der Waals surface area contributed by atoms with Crippen molar-refractivity contribution in [1.82, 2.24) is 0 Å². The Bertz CT molecular complexity index is 879. The van der Waals surface area contributed by atoms with Crippen molar-refractivity contribution in [3.05, 3.63) is 54.1 Å². The first kappa shape index (κ1) is 19.6. The van der Waals surface area contributed by atoms with Gasteiger partial charge in [-0.2, -0.15) is 0 Å². The van der Waals surface area contributed by atoms with Gasteiger partial charge in [0, 0.05) is 30.4 Å².